The average molecular weight is 294 g/mol. The molecule has 2 aliphatic heterocycles. The third-order valence-corrected chi connectivity index (χ3v) is 4.04. The topological polar surface area (TPSA) is 59.8 Å². The fourth-order valence-corrected chi connectivity index (χ4v) is 2.75. The predicted octanol–water partition coefficient (Wildman–Crippen LogP) is -0.682. The molecule has 1 aromatic heterocycles. The van der Waals surface area contributed by atoms with Crippen LogP contribution in [-0.4, -0.2) is 73.3 Å². The molecule has 0 N–H and O–H groups in total. The Hall–Kier alpha value is -1.44. The summed E-state index contributed by atoms with van der Waals surface area (Å²) in [5.41, 5.74) is 0.845. The molecule has 0 aliphatic carbocycles. The van der Waals surface area contributed by atoms with E-state index in [1.807, 2.05) is 0 Å². The van der Waals surface area contributed by atoms with Crippen molar-refractivity contribution in [2.24, 2.45) is 7.05 Å². The van der Waals surface area contributed by atoms with Gasteiger partial charge in [0.25, 0.3) is 5.56 Å². The Labute approximate surface area is 124 Å². The summed E-state index contributed by atoms with van der Waals surface area (Å²) in [7, 11) is 1.66. The van der Waals surface area contributed by atoms with Crippen LogP contribution in [0.1, 0.15) is 0 Å². The van der Waals surface area contributed by atoms with Crippen molar-refractivity contribution in [3.05, 3.63) is 22.6 Å². The molecular weight excluding hydrogens is 272 g/mol. The van der Waals surface area contributed by atoms with E-state index in [1.165, 1.54) is 4.68 Å². The maximum absolute atomic E-state index is 11.6. The fourth-order valence-electron chi connectivity index (χ4n) is 2.75. The summed E-state index contributed by atoms with van der Waals surface area (Å²) in [6.45, 7) is 6.76. The monoisotopic (exact) mass is 294 g/mol. The van der Waals surface area contributed by atoms with Crippen LogP contribution in [0.25, 0.3) is 0 Å². The Kier molecular flexibility index (Phi) is 4.52. The second-order valence-electron chi connectivity index (χ2n) is 5.53. The summed E-state index contributed by atoms with van der Waals surface area (Å²) in [5, 5.41) is 4.08. The summed E-state index contributed by atoms with van der Waals surface area (Å²) in [4.78, 5) is 16.2. The Morgan fingerprint density at radius 3 is 2.76 bits per heavy atom. The zero-order chi connectivity index (χ0) is 14.7. The number of piperazine rings is 1. The van der Waals surface area contributed by atoms with E-state index >= 15 is 0 Å². The van der Waals surface area contributed by atoms with E-state index in [4.69, 9.17) is 9.47 Å². The standard InChI is InChI=1S/C14H22N4O3/c1-16-14(19)8-12(9-15-16)18-4-2-17(3-5-18)10-13-11-20-6-7-21-13/h8-9,13H,2-7,10-11H2,1H3/t13-/m1/s1. The van der Waals surface area contributed by atoms with Gasteiger partial charge in [-0.3, -0.25) is 9.69 Å². The van der Waals surface area contributed by atoms with Crippen molar-refractivity contribution in [1.82, 2.24) is 14.7 Å². The van der Waals surface area contributed by atoms with E-state index in [2.05, 4.69) is 14.9 Å². The average Bonchev–Trinajstić information content (AvgIpc) is 2.52. The zero-order valence-corrected chi connectivity index (χ0v) is 12.4. The first-order chi connectivity index (χ1) is 10.2. The minimum Gasteiger partial charge on any atom is -0.376 e. The van der Waals surface area contributed by atoms with Crippen LogP contribution in [-0.2, 0) is 16.5 Å². The molecule has 7 nitrogen and oxygen atoms in total. The molecule has 0 amide bonds. The highest BCUT2D eigenvalue weighted by atomic mass is 16.6. The summed E-state index contributed by atoms with van der Waals surface area (Å²) in [5.74, 6) is 0. The van der Waals surface area contributed by atoms with Gasteiger partial charge < -0.3 is 14.4 Å². The number of aromatic nitrogens is 2. The Morgan fingerprint density at radius 1 is 1.29 bits per heavy atom. The van der Waals surface area contributed by atoms with Gasteiger partial charge >= 0.3 is 0 Å². The largest absolute Gasteiger partial charge is 0.376 e. The molecule has 0 unspecified atom stereocenters. The lowest BCUT2D eigenvalue weighted by molar-refractivity contribution is -0.0977. The molecule has 0 bridgehead atoms. The summed E-state index contributed by atoms with van der Waals surface area (Å²) >= 11 is 0. The number of rotatable bonds is 3. The first-order valence-corrected chi connectivity index (χ1v) is 7.42. The molecule has 21 heavy (non-hydrogen) atoms. The van der Waals surface area contributed by atoms with Crippen molar-refractivity contribution in [2.45, 2.75) is 6.10 Å². The first-order valence-electron chi connectivity index (χ1n) is 7.42. The number of ether oxygens (including phenoxy) is 2. The molecule has 3 rings (SSSR count). The summed E-state index contributed by atoms with van der Waals surface area (Å²) < 4.78 is 12.5. The Balaban J connectivity index is 1.52. The van der Waals surface area contributed by atoms with Crippen LogP contribution in [0.5, 0.6) is 0 Å². The van der Waals surface area contributed by atoms with Gasteiger partial charge in [-0.15, -0.1) is 0 Å². The molecule has 0 saturated carbocycles. The number of aryl methyl sites for hydroxylation is 1. The van der Waals surface area contributed by atoms with E-state index in [0.717, 1.165) is 38.4 Å². The highest BCUT2D eigenvalue weighted by Crippen LogP contribution is 2.14. The normalized spacial score (nSPS) is 24.2. The van der Waals surface area contributed by atoms with Gasteiger partial charge in [0.05, 0.1) is 37.8 Å². The molecule has 7 heteroatoms. The lowest BCUT2D eigenvalue weighted by Gasteiger charge is -2.37. The van der Waals surface area contributed by atoms with Crippen molar-refractivity contribution in [3.8, 4) is 0 Å². The number of hydrogen-bond acceptors (Lipinski definition) is 6. The highest BCUT2D eigenvalue weighted by molar-refractivity contribution is 5.43. The van der Waals surface area contributed by atoms with E-state index in [9.17, 15) is 4.79 Å². The Morgan fingerprint density at radius 2 is 2.10 bits per heavy atom. The molecular formula is C14H22N4O3. The van der Waals surface area contributed by atoms with Crippen LogP contribution in [0, 0.1) is 0 Å². The molecule has 0 aromatic carbocycles. The third-order valence-electron chi connectivity index (χ3n) is 4.04. The van der Waals surface area contributed by atoms with Gasteiger partial charge in [-0.2, -0.15) is 5.10 Å². The van der Waals surface area contributed by atoms with Crippen LogP contribution in [0.2, 0.25) is 0 Å². The van der Waals surface area contributed by atoms with Crippen LogP contribution < -0.4 is 10.5 Å². The maximum atomic E-state index is 11.6. The molecule has 0 radical (unpaired) electrons. The van der Waals surface area contributed by atoms with Crippen molar-refractivity contribution in [2.75, 3.05) is 57.4 Å². The molecule has 2 fully saturated rings. The van der Waals surface area contributed by atoms with E-state index in [0.29, 0.717) is 19.8 Å². The molecule has 3 heterocycles. The minimum atomic E-state index is -0.0670. The summed E-state index contributed by atoms with van der Waals surface area (Å²) in [6.07, 6.45) is 1.95. The van der Waals surface area contributed by atoms with Crippen LogP contribution in [0.15, 0.2) is 17.1 Å². The quantitative estimate of drug-likeness (QED) is 0.736. The lowest BCUT2D eigenvalue weighted by atomic mass is 10.2. The van der Waals surface area contributed by atoms with Gasteiger partial charge in [0.2, 0.25) is 0 Å². The van der Waals surface area contributed by atoms with Crippen LogP contribution in [0.3, 0.4) is 0 Å². The first kappa shape index (κ1) is 14.5. The van der Waals surface area contributed by atoms with Crippen LogP contribution in [0.4, 0.5) is 5.69 Å². The Bertz CT molecular complexity index is 519. The molecule has 2 aliphatic rings. The number of anilines is 1. The van der Waals surface area contributed by atoms with E-state index < -0.39 is 0 Å². The van der Waals surface area contributed by atoms with Gasteiger partial charge in [0, 0.05) is 45.8 Å². The van der Waals surface area contributed by atoms with Crippen molar-refractivity contribution < 1.29 is 9.47 Å². The van der Waals surface area contributed by atoms with Crippen LogP contribution >= 0.6 is 0 Å². The molecule has 0 spiro atoms. The zero-order valence-electron chi connectivity index (χ0n) is 12.4. The highest BCUT2D eigenvalue weighted by Gasteiger charge is 2.22. The number of nitrogens with zero attached hydrogens (tertiary/aromatic N) is 4. The molecule has 2 saturated heterocycles. The second kappa shape index (κ2) is 6.55. The summed E-state index contributed by atoms with van der Waals surface area (Å²) in [6, 6.07) is 1.65. The van der Waals surface area contributed by atoms with Crippen molar-refractivity contribution >= 4 is 5.69 Å². The van der Waals surface area contributed by atoms with Gasteiger partial charge in [0.15, 0.2) is 0 Å². The van der Waals surface area contributed by atoms with E-state index in [-0.39, 0.29) is 11.7 Å². The SMILES string of the molecule is Cn1ncc(N2CCN(C[C@@H]3COCCO3)CC2)cc1=O. The van der Waals surface area contributed by atoms with Crippen molar-refractivity contribution in [1.29, 1.82) is 0 Å². The van der Waals surface area contributed by atoms with Gasteiger partial charge in [-0.25, -0.2) is 4.68 Å². The lowest BCUT2D eigenvalue weighted by Crippen LogP contribution is -2.50. The van der Waals surface area contributed by atoms with Gasteiger partial charge in [0.1, 0.15) is 0 Å². The number of hydrogen-bond donors (Lipinski definition) is 0. The predicted molar refractivity (Wildman–Crippen MR) is 78.7 cm³/mol. The minimum absolute atomic E-state index is 0.0670. The van der Waals surface area contributed by atoms with Crippen molar-refractivity contribution in [3.63, 3.8) is 0 Å². The third kappa shape index (κ3) is 3.61. The molecule has 116 valence electrons. The van der Waals surface area contributed by atoms with Gasteiger partial charge in [-0.1, -0.05) is 0 Å². The second-order valence-corrected chi connectivity index (χ2v) is 5.53. The maximum Gasteiger partial charge on any atom is 0.268 e. The van der Waals surface area contributed by atoms with E-state index in [1.54, 1.807) is 19.3 Å². The molecule has 1 atom stereocenters. The smallest absolute Gasteiger partial charge is 0.268 e. The molecule has 1 aromatic rings. The van der Waals surface area contributed by atoms with Gasteiger partial charge in [-0.05, 0) is 0 Å². The fraction of sp³-hybridized carbons (Fsp3) is 0.714.